The summed E-state index contributed by atoms with van der Waals surface area (Å²) in [6, 6.07) is 8.74. The largest absolute Gasteiger partial charge is 0.497 e. The third-order valence-electron chi connectivity index (χ3n) is 6.00. The van der Waals surface area contributed by atoms with Crippen molar-refractivity contribution in [2.24, 2.45) is 5.92 Å². The molecule has 144 valence electrons. The number of likely N-dealkylation sites (tertiary alicyclic amines) is 2. The molecule has 1 aromatic rings. The Bertz CT molecular complexity index is 581. The number of urea groups is 1. The van der Waals surface area contributed by atoms with Gasteiger partial charge in [0.1, 0.15) is 5.75 Å². The highest BCUT2D eigenvalue weighted by atomic mass is 16.5. The molecule has 2 saturated heterocycles. The highest BCUT2D eigenvalue weighted by Crippen LogP contribution is 2.32. The topological polar surface area (TPSA) is 44.8 Å². The number of amides is 2. The molecule has 0 aromatic heterocycles. The van der Waals surface area contributed by atoms with E-state index in [9.17, 15) is 4.79 Å². The van der Waals surface area contributed by atoms with E-state index < -0.39 is 0 Å². The van der Waals surface area contributed by atoms with Crippen molar-refractivity contribution in [1.82, 2.24) is 15.1 Å². The van der Waals surface area contributed by atoms with Crippen LogP contribution in [0.15, 0.2) is 24.3 Å². The van der Waals surface area contributed by atoms with Crippen LogP contribution in [0.25, 0.3) is 0 Å². The van der Waals surface area contributed by atoms with Crippen molar-refractivity contribution in [3.63, 3.8) is 0 Å². The van der Waals surface area contributed by atoms with Gasteiger partial charge in [0, 0.05) is 19.1 Å². The maximum atomic E-state index is 12.8. The minimum absolute atomic E-state index is 0.0699. The van der Waals surface area contributed by atoms with E-state index in [1.54, 1.807) is 7.11 Å². The molecule has 2 unspecified atom stereocenters. The highest BCUT2D eigenvalue weighted by Gasteiger charge is 2.30. The van der Waals surface area contributed by atoms with Crippen molar-refractivity contribution in [3.05, 3.63) is 29.8 Å². The fraction of sp³-hybridized carbons (Fsp3) is 0.667. The molecular weight excluding hydrogens is 326 g/mol. The van der Waals surface area contributed by atoms with Gasteiger partial charge in [0.15, 0.2) is 0 Å². The fourth-order valence-corrected chi connectivity index (χ4v) is 4.12. The lowest BCUT2D eigenvalue weighted by Crippen LogP contribution is -2.48. The van der Waals surface area contributed by atoms with Gasteiger partial charge in [-0.2, -0.15) is 0 Å². The molecule has 2 fully saturated rings. The van der Waals surface area contributed by atoms with E-state index in [1.807, 2.05) is 17.0 Å². The van der Waals surface area contributed by atoms with Crippen molar-refractivity contribution in [2.45, 2.75) is 51.6 Å². The van der Waals surface area contributed by atoms with Crippen LogP contribution in [-0.4, -0.2) is 55.2 Å². The number of piperidine rings is 1. The van der Waals surface area contributed by atoms with Gasteiger partial charge >= 0.3 is 6.03 Å². The third kappa shape index (κ3) is 4.50. The zero-order chi connectivity index (χ0) is 18.5. The molecule has 0 bridgehead atoms. The molecule has 1 N–H and O–H groups in total. The van der Waals surface area contributed by atoms with E-state index in [0.29, 0.717) is 6.04 Å². The molecule has 26 heavy (non-hydrogen) atoms. The van der Waals surface area contributed by atoms with Gasteiger partial charge in [-0.3, -0.25) is 4.90 Å². The van der Waals surface area contributed by atoms with Crippen LogP contribution in [0.1, 0.15) is 51.1 Å². The second kappa shape index (κ2) is 8.76. The molecule has 3 rings (SSSR count). The van der Waals surface area contributed by atoms with Gasteiger partial charge in [-0.25, -0.2) is 4.79 Å². The maximum absolute atomic E-state index is 12.8. The monoisotopic (exact) mass is 359 g/mol. The quantitative estimate of drug-likeness (QED) is 0.872. The van der Waals surface area contributed by atoms with Crippen molar-refractivity contribution >= 4 is 6.03 Å². The van der Waals surface area contributed by atoms with Crippen LogP contribution in [0.2, 0.25) is 0 Å². The van der Waals surface area contributed by atoms with Gasteiger partial charge in [-0.1, -0.05) is 19.1 Å². The lowest BCUT2D eigenvalue weighted by atomic mass is 9.98. The Labute approximate surface area is 157 Å². The average Bonchev–Trinajstić information content (AvgIpc) is 3.16. The molecule has 5 heteroatoms. The van der Waals surface area contributed by atoms with Crippen molar-refractivity contribution in [1.29, 1.82) is 0 Å². The van der Waals surface area contributed by atoms with Crippen LogP contribution in [0.5, 0.6) is 5.75 Å². The summed E-state index contributed by atoms with van der Waals surface area (Å²) in [5, 5.41) is 3.18. The van der Waals surface area contributed by atoms with Crippen LogP contribution in [0.3, 0.4) is 0 Å². The summed E-state index contributed by atoms with van der Waals surface area (Å²) in [6.45, 7) is 8.40. The third-order valence-corrected chi connectivity index (χ3v) is 6.00. The number of benzene rings is 1. The summed E-state index contributed by atoms with van der Waals surface area (Å²) in [5.74, 6) is 1.69. The Balaban J connectivity index is 1.53. The fourth-order valence-electron chi connectivity index (χ4n) is 4.12. The van der Waals surface area contributed by atoms with Crippen LogP contribution < -0.4 is 10.1 Å². The van der Waals surface area contributed by atoms with E-state index >= 15 is 0 Å². The summed E-state index contributed by atoms with van der Waals surface area (Å²) < 4.78 is 5.24. The minimum atomic E-state index is 0.0699. The molecule has 2 heterocycles. The maximum Gasteiger partial charge on any atom is 0.317 e. The lowest BCUT2D eigenvalue weighted by Gasteiger charge is -2.35. The van der Waals surface area contributed by atoms with E-state index in [1.165, 1.54) is 18.4 Å². The predicted molar refractivity (Wildman–Crippen MR) is 105 cm³/mol. The summed E-state index contributed by atoms with van der Waals surface area (Å²) >= 11 is 0. The average molecular weight is 360 g/mol. The standard InChI is InChI=1S/C21H33N3O2/c1-16-10-13-23(14-11-16)17(2)15-22-21(25)24-12-4-5-20(24)18-6-8-19(26-3)9-7-18/h6-9,16-17,20H,4-5,10-15H2,1-3H3,(H,22,25). The van der Waals surface area contributed by atoms with Gasteiger partial charge in [-0.05, 0) is 69.3 Å². The zero-order valence-electron chi connectivity index (χ0n) is 16.4. The van der Waals surface area contributed by atoms with Gasteiger partial charge in [-0.15, -0.1) is 0 Å². The van der Waals surface area contributed by atoms with Crippen molar-refractivity contribution in [2.75, 3.05) is 33.3 Å². The molecular formula is C21H33N3O2. The van der Waals surface area contributed by atoms with E-state index in [4.69, 9.17) is 4.74 Å². The van der Waals surface area contributed by atoms with E-state index in [2.05, 4.69) is 36.2 Å². The van der Waals surface area contributed by atoms with Crippen LogP contribution in [-0.2, 0) is 0 Å². The minimum Gasteiger partial charge on any atom is -0.497 e. The van der Waals surface area contributed by atoms with Crippen molar-refractivity contribution in [3.8, 4) is 5.75 Å². The number of nitrogens with one attached hydrogen (secondary N) is 1. The van der Waals surface area contributed by atoms with Crippen molar-refractivity contribution < 1.29 is 9.53 Å². The number of methoxy groups -OCH3 is 1. The molecule has 2 aliphatic heterocycles. The lowest BCUT2D eigenvalue weighted by molar-refractivity contribution is 0.141. The first-order chi connectivity index (χ1) is 12.6. The van der Waals surface area contributed by atoms with Crippen LogP contribution in [0, 0.1) is 5.92 Å². The Kier molecular flexibility index (Phi) is 6.41. The molecule has 0 aliphatic carbocycles. The number of carbonyl (C=O) groups excluding carboxylic acids is 1. The Morgan fingerprint density at radius 3 is 2.54 bits per heavy atom. The molecule has 0 saturated carbocycles. The van der Waals surface area contributed by atoms with E-state index in [0.717, 1.165) is 50.7 Å². The number of carbonyl (C=O) groups is 1. The van der Waals surface area contributed by atoms with Gasteiger partial charge in [0.05, 0.1) is 13.2 Å². The molecule has 2 aliphatic rings. The number of ether oxygens (including phenoxy) is 1. The number of rotatable bonds is 5. The second-order valence-electron chi connectivity index (χ2n) is 7.88. The van der Waals surface area contributed by atoms with Gasteiger partial charge < -0.3 is 15.0 Å². The van der Waals surface area contributed by atoms with Crippen LogP contribution >= 0.6 is 0 Å². The first-order valence-corrected chi connectivity index (χ1v) is 10.0. The number of nitrogens with zero attached hydrogens (tertiary/aromatic N) is 2. The first-order valence-electron chi connectivity index (χ1n) is 10.0. The molecule has 0 spiro atoms. The summed E-state index contributed by atoms with van der Waals surface area (Å²) in [6.07, 6.45) is 4.62. The van der Waals surface area contributed by atoms with Crippen LogP contribution in [0.4, 0.5) is 4.79 Å². The molecule has 1 aromatic carbocycles. The molecule has 0 radical (unpaired) electrons. The summed E-state index contributed by atoms with van der Waals surface area (Å²) in [4.78, 5) is 17.3. The normalized spacial score (nSPS) is 23.0. The van der Waals surface area contributed by atoms with Gasteiger partial charge in [0.2, 0.25) is 0 Å². The molecule has 2 amide bonds. The van der Waals surface area contributed by atoms with E-state index in [-0.39, 0.29) is 12.1 Å². The first kappa shape index (κ1) is 19.0. The molecule has 5 nitrogen and oxygen atoms in total. The Hall–Kier alpha value is -1.75. The number of hydrogen-bond donors (Lipinski definition) is 1. The smallest absolute Gasteiger partial charge is 0.317 e. The summed E-state index contributed by atoms with van der Waals surface area (Å²) in [7, 11) is 1.68. The number of hydrogen-bond acceptors (Lipinski definition) is 3. The highest BCUT2D eigenvalue weighted by molar-refractivity contribution is 5.75. The summed E-state index contributed by atoms with van der Waals surface area (Å²) in [5.41, 5.74) is 1.19. The Morgan fingerprint density at radius 2 is 1.88 bits per heavy atom. The molecule has 2 atom stereocenters. The zero-order valence-corrected chi connectivity index (χ0v) is 16.4. The van der Waals surface area contributed by atoms with Gasteiger partial charge in [0.25, 0.3) is 0 Å². The Morgan fingerprint density at radius 1 is 1.19 bits per heavy atom. The predicted octanol–water partition coefficient (Wildman–Crippen LogP) is 3.66. The second-order valence-corrected chi connectivity index (χ2v) is 7.88. The SMILES string of the molecule is COc1ccc(C2CCCN2C(=O)NCC(C)N2CCC(C)CC2)cc1.